The summed E-state index contributed by atoms with van der Waals surface area (Å²) in [6, 6.07) is 19.6. The lowest BCUT2D eigenvalue weighted by Crippen LogP contribution is -2.50. The van der Waals surface area contributed by atoms with Crippen LogP contribution in [0.4, 0.5) is 10.5 Å². The topological polar surface area (TPSA) is 116 Å². The van der Waals surface area contributed by atoms with E-state index in [1.165, 1.54) is 0 Å². The van der Waals surface area contributed by atoms with Gasteiger partial charge < -0.3 is 30.0 Å². The van der Waals surface area contributed by atoms with Gasteiger partial charge in [-0.1, -0.05) is 50.2 Å². The molecule has 0 unspecified atom stereocenters. The van der Waals surface area contributed by atoms with Crippen LogP contribution < -0.4 is 10.6 Å². The summed E-state index contributed by atoms with van der Waals surface area (Å²) in [6.45, 7) is 6.30. The Bertz CT molecular complexity index is 1180. The van der Waals surface area contributed by atoms with E-state index in [0.717, 1.165) is 35.4 Å². The number of carbonyl (C=O) groups excluding carboxylic acids is 1. The third-order valence-corrected chi connectivity index (χ3v) is 8.81. The van der Waals surface area contributed by atoms with E-state index < -0.39 is 18.2 Å². The molecule has 0 spiro atoms. The number of nitriles is 1. The standard InChI is InChI=1S/C32H44N4O5S/c1-32(2,15-7-8-16-33)22-36(42-25-13-9-12-24(19-25)34-3)20-28(37)27(18-23-10-5-4-6-11-23)35-31(38)41-29-21-40-30-26(29)14-17-39-30/h4-6,9-13,19,26-30,34,37H,7-8,14-15,17-18,20-22H2,1-3H3,(H,35,38)/t26-,27-,28+,29-,30+/m0/s1. The molecule has 0 radical (unpaired) electrons. The zero-order valence-electron chi connectivity index (χ0n) is 24.8. The second-order valence-electron chi connectivity index (χ2n) is 11.8. The van der Waals surface area contributed by atoms with Crippen molar-refractivity contribution in [2.75, 3.05) is 38.7 Å². The van der Waals surface area contributed by atoms with E-state index in [2.05, 4.69) is 40.9 Å². The number of amides is 1. The van der Waals surface area contributed by atoms with Crippen molar-refractivity contribution in [1.82, 2.24) is 9.62 Å². The fourth-order valence-electron chi connectivity index (χ4n) is 5.55. The molecule has 0 bridgehead atoms. The summed E-state index contributed by atoms with van der Waals surface area (Å²) in [5.74, 6) is 0.0387. The fraction of sp³-hybridized carbons (Fsp3) is 0.562. The van der Waals surface area contributed by atoms with E-state index in [4.69, 9.17) is 19.5 Å². The van der Waals surface area contributed by atoms with Gasteiger partial charge in [-0.05, 0) is 66.8 Å². The maximum atomic E-state index is 13.1. The van der Waals surface area contributed by atoms with Gasteiger partial charge in [-0.3, -0.25) is 0 Å². The Morgan fingerprint density at radius 1 is 1.24 bits per heavy atom. The first-order valence-electron chi connectivity index (χ1n) is 14.8. The number of nitrogens with zero attached hydrogens (tertiary/aromatic N) is 2. The monoisotopic (exact) mass is 596 g/mol. The lowest BCUT2D eigenvalue weighted by molar-refractivity contribution is -0.0907. The lowest BCUT2D eigenvalue weighted by Gasteiger charge is -2.35. The van der Waals surface area contributed by atoms with Crippen LogP contribution in [0, 0.1) is 22.7 Å². The van der Waals surface area contributed by atoms with Crippen molar-refractivity contribution < 1.29 is 24.1 Å². The predicted molar refractivity (Wildman–Crippen MR) is 164 cm³/mol. The number of rotatable bonds is 15. The summed E-state index contributed by atoms with van der Waals surface area (Å²) in [5.41, 5.74) is 1.92. The second-order valence-corrected chi connectivity index (χ2v) is 13.0. The van der Waals surface area contributed by atoms with Gasteiger partial charge in [-0.15, -0.1) is 0 Å². The van der Waals surface area contributed by atoms with E-state index >= 15 is 0 Å². The van der Waals surface area contributed by atoms with Crippen LogP contribution in [-0.4, -0.2) is 73.4 Å². The summed E-state index contributed by atoms with van der Waals surface area (Å²) < 4.78 is 19.2. The molecule has 0 aromatic heterocycles. The number of alkyl carbamates (subject to hydrolysis) is 1. The quantitative estimate of drug-likeness (QED) is 0.188. The molecule has 42 heavy (non-hydrogen) atoms. The van der Waals surface area contributed by atoms with Gasteiger partial charge in [0.1, 0.15) is 6.10 Å². The number of anilines is 1. The SMILES string of the molecule is CNc1cccc(SN(C[C@@H](O)[C@H](Cc2ccccc2)NC(=O)O[C@H]2CO[C@H]3OCC[C@H]32)CC(C)(C)CCCC#N)c1. The van der Waals surface area contributed by atoms with Gasteiger partial charge >= 0.3 is 6.09 Å². The highest BCUT2D eigenvalue weighted by Gasteiger charge is 2.44. The molecule has 228 valence electrons. The van der Waals surface area contributed by atoms with Crippen LogP contribution in [-0.2, 0) is 20.6 Å². The van der Waals surface area contributed by atoms with Crippen LogP contribution >= 0.6 is 11.9 Å². The van der Waals surface area contributed by atoms with Crippen LogP contribution in [0.1, 0.15) is 45.1 Å². The van der Waals surface area contributed by atoms with Crippen molar-refractivity contribution in [3.63, 3.8) is 0 Å². The van der Waals surface area contributed by atoms with Gasteiger partial charge in [0, 0.05) is 37.1 Å². The smallest absolute Gasteiger partial charge is 0.407 e. The summed E-state index contributed by atoms with van der Waals surface area (Å²) in [6.07, 6.45) is 1.36. The molecule has 1 amide bonds. The number of fused-ring (bicyclic) bond motifs is 1. The molecule has 2 heterocycles. The Morgan fingerprint density at radius 3 is 2.81 bits per heavy atom. The number of benzene rings is 2. The van der Waals surface area contributed by atoms with E-state index in [1.54, 1.807) is 11.9 Å². The van der Waals surface area contributed by atoms with Crippen molar-refractivity contribution in [3.05, 3.63) is 60.2 Å². The minimum absolute atomic E-state index is 0.0387. The number of hydrogen-bond acceptors (Lipinski definition) is 9. The minimum Gasteiger partial charge on any atom is -0.443 e. The number of ether oxygens (including phenoxy) is 3. The summed E-state index contributed by atoms with van der Waals surface area (Å²) in [5, 5.41) is 26.9. The largest absolute Gasteiger partial charge is 0.443 e. The molecule has 10 heteroatoms. The highest BCUT2D eigenvalue weighted by atomic mass is 32.2. The highest BCUT2D eigenvalue weighted by Crippen LogP contribution is 2.34. The zero-order chi connectivity index (χ0) is 30.0. The van der Waals surface area contributed by atoms with Gasteiger partial charge in [-0.25, -0.2) is 9.10 Å². The Kier molecular flexibility index (Phi) is 11.9. The first-order valence-corrected chi connectivity index (χ1v) is 15.5. The third kappa shape index (κ3) is 9.61. The van der Waals surface area contributed by atoms with Crippen molar-refractivity contribution in [2.45, 2.75) is 75.4 Å². The molecule has 0 aliphatic carbocycles. The molecular formula is C32H44N4O5S. The molecule has 3 N–H and O–H groups in total. The Hall–Kier alpha value is -2.81. The molecular weight excluding hydrogens is 552 g/mol. The van der Waals surface area contributed by atoms with Gasteiger partial charge in [0.15, 0.2) is 6.29 Å². The van der Waals surface area contributed by atoms with Gasteiger partial charge in [0.05, 0.1) is 37.3 Å². The molecule has 0 saturated carbocycles. The average molecular weight is 597 g/mol. The first-order chi connectivity index (χ1) is 20.3. The summed E-state index contributed by atoms with van der Waals surface area (Å²) >= 11 is 1.59. The van der Waals surface area contributed by atoms with Crippen molar-refractivity contribution >= 4 is 23.7 Å². The number of hydrogen-bond donors (Lipinski definition) is 3. The number of unbranched alkanes of at least 4 members (excludes halogenated alkanes) is 1. The van der Waals surface area contributed by atoms with Gasteiger partial charge in [-0.2, -0.15) is 5.26 Å². The number of nitrogens with one attached hydrogen (secondary N) is 2. The number of aliphatic hydroxyl groups excluding tert-OH is 1. The van der Waals surface area contributed by atoms with Crippen LogP contribution in [0.5, 0.6) is 0 Å². The third-order valence-electron chi connectivity index (χ3n) is 7.80. The molecule has 2 fully saturated rings. The minimum atomic E-state index is -0.880. The second kappa shape index (κ2) is 15.6. The maximum absolute atomic E-state index is 13.1. The Balaban J connectivity index is 1.48. The van der Waals surface area contributed by atoms with E-state index in [-0.39, 0.29) is 23.7 Å². The molecule has 2 saturated heterocycles. The van der Waals surface area contributed by atoms with Crippen molar-refractivity contribution in [2.24, 2.45) is 11.3 Å². The molecule has 4 rings (SSSR count). The van der Waals surface area contributed by atoms with E-state index in [9.17, 15) is 9.90 Å². The van der Waals surface area contributed by atoms with Crippen LogP contribution in [0.3, 0.4) is 0 Å². The number of aliphatic hydroxyl groups is 1. The molecule has 2 aromatic rings. The summed E-state index contributed by atoms with van der Waals surface area (Å²) in [7, 11) is 1.89. The van der Waals surface area contributed by atoms with Crippen LogP contribution in [0.15, 0.2) is 59.5 Å². The zero-order valence-corrected chi connectivity index (χ0v) is 25.6. The summed E-state index contributed by atoms with van der Waals surface area (Å²) in [4.78, 5) is 14.2. The predicted octanol–water partition coefficient (Wildman–Crippen LogP) is 5.22. The molecule has 2 aromatic carbocycles. The Labute approximate surface area is 254 Å². The van der Waals surface area contributed by atoms with Crippen molar-refractivity contribution in [3.8, 4) is 6.07 Å². The van der Waals surface area contributed by atoms with E-state index in [1.807, 2.05) is 55.6 Å². The van der Waals surface area contributed by atoms with E-state index in [0.29, 0.717) is 39.1 Å². The molecule has 2 aliphatic heterocycles. The maximum Gasteiger partial charge on any atom is 0.407 e. The Morgan fingerprint density at radius 2 is 2.05 bits per heavy atom. The lowest BCUT2D eigenvalue weighted by atomic mass is 9.87. The van der Waals surface area contributed by atoms with Crippen LogP contribution in [0.2, 0.25) is 0 Å². The van der Waals surface area contributed by atoms with Gasteiger partial charge in [0.2, 0.25) is 0 Å². The first kappa shape index (κ1) is 32.1. The average Bonchev–Trinajstić information content (AvgIpc) is 3.58. The number of carbonyl (C=O) groups is 1. The highest BCUT2D eigenvalue weighted by molar-refractivity contribution is 7.97. The molecule has 5 atom stereocenters. The van der Waals surface area contributed by atoms with Gasteiger partial charge in [0.25, 0.3) is 0 Å². The normalized spacial score (nSPS) is 21.4. The molecule has 9 nitrogen and oxygen atoms in total. The van der Waals surface area contributed by atoms with Crippen LogP contribution in [0.25, 0.3) is 0 Å². The fourth-order valence-corrected chi connectivity index (χ4v) is 6.81. The van der Waals surface area contributed by atoms with Crippen molar-refractivity contribution in [1.29, 1.82) is 5.26 Å². The molecule has 2 aliphatic rings.